The van der Waals surface area contributed by atoms with Crippen molar-refractivity contribution < 1.29 is 31.5 Å². The van der Waals surface area contributed by atoms with Gasteiger partial charge in [0, 0.05) is 37.7 Å². The summed E-state index contributed by atoms with van der Waals surface area (Å²) in [6.07, 6.45) is 1.06. The lowest BCUT2D eigenvalue weighted by Gasteiger charge is -2.30. The van der Waals surface area contributed by atoms with Gasteiger partial charge in [0.2, 0.25) is 15.9 Å². The van der Waals surface area contributed by atoms with Crippen molar-refractivity contribution in [1.29, 1.82) is 0 Å². The maximum Gasteiger partial charge on any atom is 0.243 e. The van der Waals surface area contributed by atoms with Gasteiger partial charge < -0.3 is 14.8 Å². The van der Waals surface area contributed by atoms with Crippen molar-refractivity contribution in [2.45, 2.75) is 24.2 Å². The van der Waals surface area contributed by atoms with Crippen LogP contribution in [0, 0.1) is 17.6 Å². The summed E-state index contributed by atoms with van der Waals surface area (Å²) in [4.78, 5) is 12.5. The molecule has 0 bridgehead atoms. The summed E-state index contributed by atoms with van der Waals surface area (Å²) in [5, 5.41) is 2.77. The minimum absolute atomic E-state index is 0.0976. The quantitative estimate of drug-likeness (QED) is 0.644. The fourth-order valence-electron chi connectivity index (χ4n) is 3.71. The van der Waals surface area contributed by atoms with Gasteiger partial charge in [-0.15, -0.1) is 0 Å². The molecular formula is C22H26F2N2O5S. The molecule has 1 heterocycles. The van der Waals surface area contributed by atoms with Crippen LogP contribution in [0.2, 0.25) is 0 Å². The van der Waals surface area contributed by atoms with Crippen molar-refractivity contribution in [3.63, 3.8) is 0 Å². The second kappa shape index (κ2) is 10.3. The highest BCUT2D eigenvalue weighted by Crippen LogP contribution is 2.32. The van der Waals surface area contributed by atoms with Gasteiger partial charge >= 0.3 is 0 Å². The Morgan fingerprint density at radius 3 is 2.25 bits per heavy atom. The molecule has 1 aliphatic rings. The molecular weight excluding hydrogens is 442 g/mol. The van der Waals surface area contributed by atoms with Gasteiger partial charge in [0.1, 0.15) is 11.6 Å². The predicted octanol–water partition coefficient (Wildman–Crippen LogP) is 2.74. The van der Waals surface area contributed by atoms with Crippen LogP contribution < -0.4 is 14.8 Å². The number of hydrogen-bond donors (Lipinski definition) is 1. The Labute approximate surface area is 186 Å². The summed E-state index contributed by atoms with van der Waals surface area (Å²) < 4.78 is 64.1. The van der Waals surface area contributed by atoms with Gasteiger partial charge in [-0.25, -0.2) is 17.2 Å². The Morgan fingerprint density at radius 2 is 1.66 bits per heavy atom. The number of carbonyl (C=O) groups excluding carboxylic acids is 1. The van der Waals surface area contributed by atoms with Crippen molar-refractivity contribution in [2.75, 3.05) is 33.9 Å². The molecule has 1 amide bonds. The number of ether oxygens (including phenoxy) is 2. The monoisotopic (exact) mass is 468 g/mol. The molecule has 0 radical (unpaired) electrons. The highest BCUT2D eigenvalue weighted by atomic mass is 32.2. The Morgan fingerprint density at radius 1 is 1.03 bits per heavy atom. The number of nitrogens with zero attached hydrogens (tertiary/aromatic N) is 1. The first-order valence-electron chi connectivity index (χ1n) is 10.2. The first kappa shape index (κ1) is 23.9. The molecule has 10 heteroatoms. The molecule has 174 valence electrons. The Kier molecular flexibility index (Phi) is 7.68. The predicted molar refractivity (Wildman–Crippen MR) is 114 cm³/mol. The van der Waals surface area contributed by atoms with Crippen LogP contribution in [0.15, 0.2) is 41.3 Å². The van der Waals surface area contributed by atoms with Gasteiger partial charge in [0.25, 0.3) is 0 Å². The number of amides is 1. The van der Waals surface area contributed by atoms with Crippen molar-refractivity contribution in [1.82, 2.24) is 9.62 Å². The fourth-order valence-corrected chi connectivity index (χ4v) is 5.20. The largest absolute Gasteiger partial charge is 0.493 e. The number of benzene rings is 2. The zero-order valence-electron chi connectivity index (χ0n) is 17.9. The zero-order valence-corrected chi connectivity index (χ0v) is 18.8. The van der Waals surface area contributed by atoms with Crippen LogP contribution in [-0.2, 0) is 21.2 Å². The van der Waals surface area contributed by atoms with E-state index < -0.39 is 21.7 Å². The van der Waals surface area contributed by atoms with Gasteiger partial charge in [-0.3, -0.25) is 4.79 Å². The second-order valence-electron chi connectivity index (χ2n) is 7.51. The third-order valence-electron chi connectivity index (χ3n) is 5.45. The van der Waals surface area contributed by atoms with E-state index in [1.807, 2.05) is 0 Å². The number of carbonyl (C=O) groups is 1. The van der Waals surface area contributed by atoms with Crippen molar-refractivity contribution in [3.05, 3.63) is 53.6 Å². The molecule has 0 aromatic heterocycles. The first-order chi connectivity index (χ1) is 15.2. The van der Waals surface area contributed by atoms with Crippen LogP contribution in [0.1, 0.15) is 18.4 Å². The lowest BCUT2D eigenvalue weighted by Crippen LogP contribution is -2.43. The number of piperidine rings is 1. The summed E-state index contributed by atoms with van der Waals surface area (Å²) in [6, 6.07) is 7.68. The molecule has 0 atom stereocenters. The average Bonchev–Trinajstić information content (AvgIpc) is 2.78. The SMILES string of the molecule is COc1ccc(S(=O)(=O)N2CCC(C(=O)NCCc3cc(F)cc(F)c3)CC2)cc1OC. The highest BCUT2D eigenvalue weighted by molar-refractivity contribution is 7.89. The lowest BCUT2D eigenvalue weighted by molar-refractivity contribution is -0.126. The number of halogens is 2. The van der Waals surface area contributed by atoms with Crippen LogP contribution in [-0.4, -0.2) is 52.5 Å². The van der Waals surface area contributed by atoms with E-state index in [2.05, 4.69) is 5.32 Å². The number of methoxy groups -OCH3 is 2. The maximum absolute atomic E-state index is 13.2. The van der Waals surface area contributed by atoms with Crippen LogP contribution in [0.5, 0.6) is 11.5 Å². The van der Waals surface area contributed by atoms with Crippen LogP contribution in [0.25, 0.3) is 0 Å². The van der Waals surface area contributed by atoms with Gasteiger partial charge in [0.05, 0.1) is 19.1 Å². The van der Waals surface area contributed by atoms with E-state index in [4.69, 9.17) is 9.47 Å². The van der Waals surface area contributed by atoms with Gasteiger partial charge in [-0.2, -0.15) is 4.31 Å². The third kappa shape index (κ3) is 5.55. The topological polar surface area (TPSA) is 84.9 Å². The van der Waals surface area contributed by atoms with E-state index in [1.165, 1.54) is 48.9 Å². The molecule has 2 aromatic rings. The van der Waals surface area contributed by atoms with Gasteiger partial charge in [-0.1, -0.05) is 0 Å². The van der Waals surface area contributed by atoms with E-state index in [1.54, 1.807) is 0 Å². The first-order valence-corrected chi connectivity index (χ1v) is 11.6. The smallest absolute Gasteiger partial charge is 0.243 e. The Bertz CT molecular complexity index is 1050. The van der Waals surface area contributed by atoms with Gasteiger partial charge in [-0.05, 0) is 49.1 Å². The molecule has 1 fully saturated rings. The van der Waals surface area contributed by atoms with Crippen molar-refractivity contribution in [3.8, 4) is 11.5 Å². The number of hydrogen-bond acceptors (Lipinski definition) is 5. The van der Waals surface area contributed by atoms with E-state index in [0.717, 1.165) is 6.07 Å². The van der Waals surface area contributed by atoms with E-state index in [0.29, 0.717) is 36.3 Å². The average molecular weight is 469 g/mol. The summed E-state index contributed by atoms with van der Waals surface area (Å²) in [6.45, 7) is 0.666. The molecule has 0 spiro atoms. The van der Waals surface area contributed by atoms with Crippen LogP contribution in [0.4, 0.5) is 8.78 Å². The van der Waals surface area contributed by atoms with Crippen LogP contribution >= 0.6 is 0 Å². The highest BCUT2D eigenvalue weighted by Gasteiger charge is 2.32. The molecule has 1 saturated heterocycles. The molecule has 1 aliphatic heterocycles. The molecule has 0 aliphatic carbocycles. The van der Waals surface area contributed by atoms with Crippen molar-refractivity contribution >= 4 is 15.9 Å². The summed E-state index contributed by atoms with van der Waals surface area (Å²) in [7, 11) is -0.831. The third-order valence-corrected chi connectivity index (χ3v) is 7.35. The zero-order chi connectivity index (χ0) is 23.3. The molecule has 0 saturated carbocycles. The molecule has 7 nitrogen and oxygen atoms in total. The second-order valence-corrected chi connectivity index (χ2v) is 9.45. The lowest BCUT2D eigenvalue weighted by atomic mass is 9.97. The van der Waals surface area contributed by atoms with E-state index >= 15 is 0 Å². The number of rotatable bonds is 8. The molecule has 32 heavy (non-hydrogen) atoms. The summed E-state index contributed by atoms with van der Waals surface area (Å²) in [5.74, 6) is -1.08. The van der Waals surface area contributed by atoms with Crippen LogP contribution in [0.3, 0.4) is 0 Å². The Hall–Kier alpha value is -2.72. The summed E-state index contributed by atoms with van der Waals surface area (Å²) >= 11 is 0. The molecule has 1 N–H and O–H groups in total. The number of nitrogens with one attached hydrogen (secondary N) is 1. The van der Waals surface area contributed by atoms with E-state index in [9.17, 15) is 22.0 Å². The number of sulfonamides is 1. The fraction of sp³-hybridized carbons (Fsp3) is 0.409. The normalized spacial score (nSPS) is 15.4. The standard InChI is InChI=1S/C22H26F2N2O5S/c1-30-20-4-3-19(14-21(20)31-2)32(28,29)26-9-6-16(7-10-26)22(27)25-8-5-15-11-17(23)13-18(24)12-15/h3-4,11-14,16H,5-10H2,1-2H3,(H,25,27). The Balaban J connectivity index is 1.54. The molecule has 0 unspecified atom stereocenters. The summed E-state index contributed by atoms with van der Waals surface area (Å²) in [5.41, 5.74) is 0.457. The minimum Gasteiger partial charge on any atom is -0.493 e. The molecule has 2 aromatic carbocycles. The van der Waals surface area contributed by atoms with E-state index in [-0.39, 0.29) is 36.4 Å². The molecule has 3 rings (SSSR count). The van der Waals surface area contributed by atoms with Gasteiger partial charge in [0.15, 0.2) is 11.5 Å². The maximum atomic E-state index is 13.2. The van der Waals surface area contributed by atoms with Crippen molar-refractivity contribution in [2.24, 2.45) is 5.92 Å². The minimum atomic E-state index is -3.73.